The number of nitrogens with zero attached hydrogens (tertiary/aromatic N) is 1. The summed E-state index contributed by atoms with van der Waals surface area (Å²) >= 11 is 0. The maximum atomic E-state index is 13.4. The third-order valence-corrected chi connectivity index (χ3v) is 8.37. The van der Waals surface area contributed by atoms with Gasteiger partial charge < -0.3 is 14.8 Å². The number of alkyl halides is 3. The van der Waals surface area contributed by atoms with Crippen molar-refractivity contribution in [2.75, 3.05) is 26.8 Å². The first-order valence-electron chi connectivity index (χ1n) is 13.3. The van der Waals surface area contributed by atoms with Crippen LogP contribution < -0.4 is 10.1 Å². The number of nitrogens with one attached hydrogen (secondary N) is 1. The van der Waals surface area contributed by atoms with Gasteiger partial charge in [-0.3, -0.25) is 9.69 Å². The van der Waals surface area contributed by atoms with Gasteiger partial charge in [0.25, 0.3) is 5.91 Å². The van der Waals surface area contributed by atoms with Crippen molar-refractivity contribution in [3.8, 4) is 5.75 Å². The quantitative estimate of drug-likeness (QED) is 0.465. The Balaban J connectivity index is 1.17. The molecule has 2 atom stereocenters. The number of amides is 1. The Labute approximate surface area is 220 Å². The van der Waals surface area contributed by atoms with Crippen molar-refractivity contribution in [1.29, 1.82) is 0 Å². The Morgan fingerprint density at radius 1 is 1.08 bits per heavy atom. The molecule has 38 heavy (non-hydrogen) atoms. The number of hydrogen-bond donors (Lipinski definition) is 1. The first kappa shape index (κ1) is 26.9. The summed E-state index contributed by atoms with van der Waals surface area (Å²) < 4.78 is 64.5. The smallest absolute Gasteiger partial charge is 0.416 e. The van der Waals surface area contributed by atoms with E-state index in [-0.39, 0.29) is 36.0 Å². The zero-order valence-electron chi connectivity index (χ0n) is 21.5. The number of carbonyl (C=O) groups is 1. The Kier molecular flexibility index (Phi) is 7.69. The van der Waals surface area contributed by atoms with E-state index in [1.54, 1.807) is 0 Å². The maximum absolute atomic E-state index is 13.4. The van der Waals surface area contributed by atoms with Crippen LogP contribution in [-0.2, 0) is 22.3 Å². The van der Waals surface area contributed by atoms with Crippen LogP contribution in [0.3, 0.4) is 0 Å². The molecule has 0 radical (unpaired) electrons. The zero-order chi connectivity index (χ0) is 26.9. The summed E-state index contributed by atoms with van der Waals surface area (Å²) in [4.78, 5) is 15.8. The van der Waals surface area contributed by atoms with Gasteiger partial charge in [-0.2, -0.15) is 13.2 Å². The van der Waals surface area contributed by atoms with Crippen LogP contribution in [-0.4, -0.2) is 49.3 Å². The maximum Gasteiger partial charge on any atom is 0.416 e. The van der Waals surface area contributed by atoms with Gasteiger partial charge >= 0.3 is 6.18 Å². The highest BCUT2D eigenvalue weighted by Crippen LogP contribution is 2.47. The topological polar surface area (TPSA) is 50.8 Å². The lowest BCUT2D eigenvalue weighted by Crippen LogP contribution is -2.57. The van der Waals surface area contributed by atoms with Gasteiger partial charge in [0, 0.05) is 12.6 Å². The van der Waals surface area contributed by atoms with Crippen LogP contribution in [0.15, 0.2) is 42.5 Å². The highest BCUT2D eigenvalue weighted by atomic mass is 19.4. The number of methoxy groups -OCH3 is 1. The fraction of sp³-hybridized carbons (Fsp3) is 0.552. The summed E-state index contributed by atoms with van der Waals surface area (Å²) in [5.74, 6) is 0.194. The minimum Gasteiger partial charge on any atom is -0.497 e. The lowest BCUT2D eigenvalue weighted by Gasteiger charge is -2.45. The Hall–Kier alpha value is -2.65. The minimum absolute atomic E-state index is 0.0305. The summed E-state index contributed by atoms with van der Waals surface area (Å²) in [7, 11) is 1.32. The predicted octanol–water partition coefficient (Wildman–Crippen LogP) is 5.68. The Morgan fingerprint density at radius 2 is 1.79 bits per heavy atom. The van der Waals surface area contributed by atoms with Crippen molar-refractivity contribution < 1.29 is 31.8 Å². The Morgan fingerprint density at radius 3 is 2.37 bits per heavy atom. The van der Waals surface area contributed by atoms with E-state index in [9.17, 15) is 22.4 Å². The van der Waals surface area contributed by atoms with Crippen LogP contribution in [0, 0.1) is 11.7 Å². The number of ether oxygens (including phenoxy) is 2. The molecule has 3 aliphatic rings. The molecular formula is C29H34F4N2O3. The molecule has 1 aliphatic carbocycles. The SMILES string of the molecule is COc1cc(CNC(=O)[C@@]2(C3CC3)CC[C@@H](N3CCC(c4ccc(F)cc4)CC3)CO2)cc(C(F)(F)F)c1. The van der Waals surface area contributed by atoms with Crippen molar-refractivity contribution in [3.63, 3.8) is 0 Å². The molecule has 2 aromatic rings. The van der Waals surface area contributed by atoms with E-state index in [1.165, 1.54) is 30.9 Å². The molecule has 1 amide bonds. The third kappa shape index (κ3) is 5.83. The molecule has 3 fully saturated rings. The molecule has 0 spiro atoms. The Bertz CT molecular complexity index is 1120. The molecule has 0 unspecified atom stereocenters. The second-order valence-corrected chi connectivity index (χ2v) is 10.8. The first-order valence-corrected chi connectivity index (χ1v) is 13.3. The minimum atomic E-state index is -4.50. The second kappa shape index (κ2) is 10.8. The number of benzene rings is 2. The summed E-state index contributed by atoms with van der Waals surface area (Å²) in [6.45, 7) is 2.28. The van der Waals surface area contributed by atoms with Gasteiger partial charge in [-0.15, -0.1) is 0 Å². The molecular weight excluding hydrogens is 500 g/mol. The predicted molar refractivity (Wildman–Crippen MR) is 134 cm³/mol. The van der Waals surface area contributed by atoms with E-state index in [0.29, 0.717) is 24.5 Å². The average Bonchev–Trinajstić information content (AvgIpc) is 3.78. The standard InChI is InChI=1S/C29H34F4N2O3/c1-37-26-15-19(14-23(16-26)29(31,32)33)17-34-27(36)28(22-4-5-22)11-8-25(18-38-28)35-12-9-21(10-13-35)20-2-6-24(30)7-3-20/h2-3,6-7,14-16,21-22,25H,4-5,8-13,17-18H2,1H3,(H,34,36)/t25-,28+/m1/s1. The molecule has 1 saturated carbocycles. The van der Waals surface area contributed by atoms with Crippen LogP contribution in [0.5, 0.6) is 5.75 Å². The fourth-order valence-corrected chi connectivity index (χ4v) is 6.01. The van der Waals surface area contributed by atoms with Crippen molar-refractivity contribution in [1.82, 2.24) is 10.2 Å². The zero-order valence-corrected chi connectivity index (χ0v) is 21.5. The lowest BCUT2D eigenvalue weighted by atomic mass is 9.84. The van der Waals surface area contributed by atoms with Crippen LogP contribution in [0.2, 0.25) is 0 Å². The van der Waals surface area contributed by atoms with Gasteiger partial charge in [0.1, 0.15) is 17.2 Å². The van der Waals surface area contributed by atoms with E-state index < -0.39 is 17.3 Å². The number of halogens is 4. The van der Waals surface area contributed by atoms with Gasteiger partial charge in [-0.05, 0) is 105 Å². The molecule has 2 heterocycles. The summed E-state index contributed by atoms with van der Waals surface area (Å²) in [5.41, 5.74) is -0.227. The molecule has 2 aliphatic heterocycles. The van der Waals surface area contributed by atoms with Crippen molar-refractivity contribution in [3.05, 3.63) is 65.0 Å². The van der Waals surface area contributed by atoms with Gasteiger partial charge in [-0.1, -0.05) is 12.1 Å². The molecule has 9 heteroatoms. The van der Waals surface area contributed by atoms with Gasteiger partial charge in [0.15, 0.2) is 0 Å². The lowest BCUT2D eigenvalue weighted by molar-refractivity contribution is -0.165. The summed E-state index contributed by atoms with van der Waals surface area (Å²) in [5, 5.41) is 2.86. The molecule has 206 valence electrons. The number of piperidine rings is 1. The monoisotopic (exact) mass is 534 g/mol. The van der Waals surface area contributed by atoms with Gasteiger partial charge in [-0.25, -0.2) is 4.39 Å². The van der Waals surface area contributed by atoms with Crippen LogP contribution in [0.1, 0.15) is 61.1 Å². The van der Waals surface area contributed by atoms with E-state index in [4.69, 9.17) is 9.47 Å². The highest BCUT2D eigenvalue weighted by Gasteiger charge is 2.54. The highest BCUT2D eigenvalue weighted by molar-refractivity contribution is 5.86. The fourth-order valence-electron chi connectivity index (χ4n) is 6.01. The van der Waals surface area contributed by atoms with E-state index >= 15 is 0 Å². The van der Waals surface area contributed by atoms with E-state index in [0.717, 1.165) is 57.3 Å². The molecule has 5 rings (SSSR count). The van der Waals surface area contributed by atoms with Gasteiger partial charge in [0.05, 0.1) is 19.3 Å². The van der Waals surface area contributed by atoms with Gasteiger partial charge in [0.2, 0.25) is 0 Å². The third-order valence-electron chi connectivity index (χ3n) is 8.37. The molecule has 2 aromatic carbocycles. The van der Waals surface area contributed by atoms with Crippen molar-refractivity contribution in [2.45, 2.75) is 68.8 Å². The first-order chi connectivity index (χ1) is 18.2. The molecule has 5 nitrogen and oxygen atoms in total. The molecule has 0 bridgehead atoms. The van der Waals surface area contributed by atoms with Crippen molar-refractivity contribution >= 4 is 5.91 Å². The van der Waals surface area contributed by atoms with Crippen LogP contribution >= 0.6 is 0 Å². The largest absolute Gasteiger partial charge is 0.497 e. The number of hydrogen-bond acceptors (Lipinski definition) is 4. The van der Waals surface area contributed by atoms with Crippen molar-refractivity contribution in [2.24, 2.45) is 5.92 Å². The normalized spacial score (nSPS) is 25.2. The summed E-state index contributed by atoms with van der Waals surface area (Å²) in [6.07, 6.45) is 0.753. The van der Waals surface area contributed by atoms with E-state index in [1.807, 2.05) is 12.1 Å². The molecule has 2 saturated heterocycles. The molecule has 1 N–H and O–H groups in total. The number of carbonyl (C=O) groups excluding carboxylic acids is 1. The van der Waals surface area contributed by atoms with E-state index in [2.05, 4.69) is 10.2 Å². The van der Waals surface area contributed by atoms with Crippen LogP contribution in [0.25, 0.3) is 0 Å². The number of rotatable bonds is 7. The number of likely N-dealkylation sites (tertiary alicyclic amines) is 1. The second-order valence-electron chi connectivity index (χ2n) is 10.8. The average molecular weight is 535 g/mol. The summed E-state index contributed by atoms with van der Waals surface area (Å²) in [6, 6.07) is 10.5. The van der Waals surface area contributed by atoms with Crippen LogP contribution in [0.4, 0.5) is 17.6 Å². The molecule has 0 aromatic heterocycles.